The molecule has 0 spiro atoms. The van der Waals surface area contributed by atoms with E-state index in [1.165, 1.54) is 0 Å². The van der Waals surface area contributed by atoms with Crippen LogP contribution in [0.3, 0.4) is 0 Å². The van der Waals surface area contributed by atoms with Crippen LogP contribution in [0.1, 0.15) is 12.2 Å². The number of hydrogen-bond donors (Lipinski definition) is 2. The summed E-state index contributed by atoms with van der Waals surface area (Å²) >= 11 is 6.14. The Hall–Kier alpha value is -2.90. The van der Waals surface area contributed by atoms with Gasteiger partial charge < -0.3 is 19.9 Å². The fraction of sp³-hybridized carbons (Fsp3) is 0.286. The van der Waals surface area contributed by atoms with Crippen molar-refractivity contribution in [1.82, 2.24) is 9.97 Å². The van der Waals surface area contributed by atoms with E-state index in [4.69, 9.17) is 16.3 Å². The van der Waals surface area contributed by atoms with Crippen LogP contribution in [0.5, 0.6) is 0 Å². The van der Waals surface area contributed by atoms with Gasteiger partial charge in [0.15, 0.2) is 0 Å². The molecule has 1 aliphatic rings. The SMILES string of the molecule is O=C(CCc1nc2ccccc2c(=O)[nH]1)Nc1cc(Cl)ccc1N1CCOCC1. The number of amides is 1. The number of rotatable bonds is 5. The average Bonchev–Trinajstić information content (AvgIpc) is 2.73. The minimum atomic E-state index is -0.199. The normalized spacial score (nSPS) is 14.2. The molecule has 1 aromatic heterocycles. The van der Waals surface area contributed by atoms with Crippen molar-refractivity contribution in [2.45, 2.75) is 12.8 Å². The van der Waals surface area contributed by atoms with Crippen LogP contribution >= 0.6 is 11.6 Å². The van der Waals surface area contributed by atoms with Crippen LogP contribution in [0.15, 0.2) is 47.3 Å². The molecule has 2 heterocycles. The van der Waals surface area contributed by atoms with Gasteiger partial charge in [-0.25, -0.2) is 4.98 Å². The van der Waals surface area contributed by atoms with Crippen molar-refractivity contribution in [3.8, 4) is 0 Å². The highest BCUT2D eigenvalue weighted by atomic mass is 35.5. The number of aromatic amines is 1. The number of para-hydroxylation sites is 1. The summed E-state index contributed by atoms with van der Waals surface area (Å²) in [7, 11) is 0. The van der Waals surface area contributed by atoms with E-state index in [9.17, 15) is 9.59 Å². The molecular formula is C21H21ClN4O3. The summed E-state index contributed by atoms with van der Waals surface area (Å²) in [5, 5.41) is 4.04. The van der Waals surface area contributed by atoms with Gasteiger partial charge in [-0.1, -0.05) is 23.7 Å². The van der Waals surface area contributed by atoms with Crippen molar-refractivity contribution in [1.29, 1.82) is 0 Å². The number of halogens is 1. The third-order valence-corrected chi connectivity index (χ3v) is 5.07. The Morgan fingerprint density at radius 3 is 2.83 bits per heavy atom. The summed E-state index contributed by atoms with van der Waals surface area (Å²) in [6.45, 7) is 2.81. The summed E-state index contributed by atoms with van der Waals surface area (Å²) in [5.41, 5.74) is 2.01. The highest BCUT2D eigenvalue weighted by Crippen LogP contribution is 2.30. The maximum atomic E-state index is 12.6. The van der Waals surface area contributed by atoms with Crippen molar-refractivity contribution in [3.63, 3.8) is 0 Å². The molecule has 0 saturated carbocycles. The van der Waals surface area contributed by atoms with E-state index in [2.05, 4.69) is 20.2 Å². The number of anilines is 2. The van der Waals surface area contributed by atoms with E-state index in [0.29, 0.717) is 47.1 Å². The molecule has 1 fully saturated rings. The number of carbonyl (C=O) groups excluding carboxylic acids is 1. The molecule has 3 aromatic rings. The second-order valence-corrected chi connectivity index (χ2v) is 7.28. The standard InChI is InChI=1S/C21H21ClN4O3/c22-14-5-6-18(26-9-11-29-12-10-26)17(13-14)24-20(27)8-7-19-23-16-4-2-1-3-15(16)21(28)25-19/h1-6,13H,7-12H2,(H,24,27)(H,23,25,28). The van der Waals surface area contributed by atoms with Crippen LogP contribution in [-0.2, 0) is 16.0 Å². The molecule has 7 nitrogen and oxygen atoms in total. The zero-order chi connectivity index (χ0) is 20.2. The van der Waals surface area contributed by atoms with E-state index in [0.717, 1.165) is 18.8 Å². The molecule has 0 unspecified atom stereocenters. The van der Waals surface area contributed by atoms with Crippen LogP contribution in [0.4, 0.5) is 11.4 Å². The van der Waals surface area contributed by atoms with Crippen molar-refractivity contribution in [2.24, 2.45) is 0 Å². The number of hydrogen-bond acceptors (Lipinski definition) is 5. The molecule has 1 amide bonds. The second-order valence-electron chi connectivity index (χ2n) is 6.84. The van der Waals surface area contributed by atoms with E-state index in [1.807, 2.05) is 18.2 Å². The van der Waals surface area contributed by atoms with Gasteiger partial charge in [0.1, 0.15) is 5.82 Å². The lowest BCUT2D eigenvalue weighted by atomic mass is 10.2. The summed E-state index contributed by atoms with van der Waals surface area (Å²) < 4.78 is 5.40. The number of aryl methyl sites for hydroxylation is 1. The summed E-state index contributed by atoms with van der Waals surface area (Å²) in [6.07, 6.45) is 0.524. The Balaban J connectivity index is 1.46. The van der Waals surface area contributed by atoms with Gasteiger partial charge in [-0.2, -0.15) is 0 Å². The number of aromatic nitrogens is 2. The molecule has 4 rings (SSSR count). The number of carbonyl (C=O) groups is 1. The molecule has 1 saturated heterocycles. The summed E-state index contributed by atoms with van der Waals surface area (Å²) in [5.74, 6) is 0.320. The van der Waals surface area contributed by atoms with Gasteiger partial charge in [-0.3, -0.25) is 9.59 Å². The van der Waals surface area contributed by atoms with Crippen LogP contribution in [0, 0.1) is 0 Å². The molecule has 150 valence electrons. The van der Waals surface area contributed by atoms with E-state index < -0.39 is 0 Å². The first-order chi connectivity index (χ1) is 14.1. The van der Waals surface area contributed by atoms with Crippen LogP contribution in [0.25, 0.3) is 10.9 Å². The molecular weight excluding hydrogens is 392 g/mol. The average molecular weight is 413 g/mol. The zero-order valence-corrected chi connectivity index (χ0v) is 16.5. The maximum absolute atomic E-state index is 12.6. The van der Waals surface area contributed by atoms with Crippen LogP contribution in [0.2, 0.25) is 5.02 Å². The predicted molar refractivity (Wildman–Crippen MR) is 114 cm³/mol. The van der Waals surface area contributed by atoms with Gasteiger partial charge in [0.05, 0.1) is 35.5 Å². The molecule has 29 heavy (non-hydrogen) atoms. The van der Waals surface area contributed by atoms with Gasteiger partial charge in [0, 0.05) is 31.0 Å². The molecule has 2 N–H and O–H groups in total. The lowest BCUT2D eigenvalue weighted by molar-refractivity contribution is -0.116. The van der Waals surface area contributed by atoms with Crippen LogP contribution in [-0.4, -0.2) is 42.2 Å². The number of ether oxygens (including phenoxy) is 1. The van der Waals surface area contributed by atoms with Crippen LogP contribution < -0.4 is 15.8 Å². The maximum Gasteiger partial charge on any atom is 0.258 e. The summed E-state index contributed by atoms with van der Waals surface area (Å²) in [6, 6.07) is 12.6. The van der Waals surface area contributed by atoms with E-state index in [-0.39, 0.29) is 17.9 Å². The third kappa shape index (κ3) is 4.58. The second kappa shape index (κ2) is 8.63. The Kier molecular flexibility index (Phi) is 5.78. The quantitative estimate of drug-likeness (QED) is 0.672. The Morgan fingerprint density at radius 1 is 1.21 bits per heavy atom. The van der Waals surface area contributed by atoms with E-state index in [1.54, 1.807) is 24.3 Å². The fourth-order valence-electron chi connectivity index (χ4n) is 3.39. The Labute approximate surface area is 172 Å². The van der Waals surface area contributed by atoms with Crippen molar-refractivity contribution < 1.29 is 9.53 Å². The molecule has 1 aliphatic heterocycles. The fourth-order valence-corrected chi connectivity index (χ4v) is 3.56. The van der Waals surface area contributed by atoms with E-state index >= 15 is 0 Å². The topological polar surface area (TPSA) is 87.3 Å². The number of H-pyrrole nitrogens is 1. The van der Waals surface area contributed by atoms with Gasteiger partial charge in [0.2, 0.25) is 5.91 Å². The largest absolute Gasteiger partial charge is 0.378 e. The lowest BCUT2D eigenvalue weighted by Crippen LogP contribution is -2.36. The predicted octanol–water partition coefficient (Wildman–Crippen LogP) is 2.98. The van der Waals surface area contributed by atoms with Gasteiger partial charge in [0.25, 0.3) is 5.56 Å². The van der Waals surface area contributed by atoms with Crippen molar-refractivity contribution >= 4 is 39.8 Å². The number of benzene rings is 2. The summed E-state index contributed by atoms with van der Waals surface area (Å²) in [4.78, 5) is 34.1. The number of morpholine rings is 1. The Bertz CT molecular complexity index is 1090. The minimum Gasteiger partial charge on any atom is -0.378 e. The Morgan fingerprint density at radius 2 is 2.00 bits per heavy atom. The van der Waals surface area contributed by atoms with Crippen molar-refractivity contribution in [3.05, 3.63) is 63.7 Å². The molecule has 8 heteroatoms. The first-order valence-corrected chi connectivity index (χ1v) is 9.88. The number of nitrogens with one attached hydrogen (secondary N) is 2. The lowest BCUT2D eigenvalue weighted by Gasteiger charge is -2.30. The monoisotopic (exact) mass is 412 g/mol. The first kappa shape index (κ1) is 19.4. The smallest absolute Gasteiger partial charge is 0.258 e. The first-order valence-electron chi connectivity index (χ1n) is 9.50. The van der Waals surface area contributed by atoms with Gasteiger partial charge >= 0.3 is 0 Å². The number of nitrogens with zero attached hydrogens (tertiary/aromatic N) is 2. The number of fused-ring (bicyclic) bond motifs is 1. The molecule has 0 bridgehead atoms. The molecule has 0 atom stereocenters. The highest BCUT2D eigenvalue weighted by molar-refractivity contribution is 6.31. The van der Waals surface area contributed by atoms with Crippen molar-refractivity contribution in [2.75, 3.05) is 36.5 Å². The molecule has 2 aromatic carbocycles. The van der Waals surface area contributed by atoms with Gasteiger partial charge in [-0.05, 0) is 30.3 Å². The molecule has 0 aliphatic carbocycles. The van der Waals surface area contributed by atoms with Gasteiger partial charge in [-0.15, -0.1) is 0 Å². The zero-order valence-electron chi connectivity index (χ0n) is 15.8. The highest BCUT2D eigenvalue weighted by Gasteiger charge is 2.17. The minimum absolute atomic E-state index is 0.169. The molecule has 0 radical (unpaired) electrons. The third-order valence-electron chi connectivity index (χ3n) is 4.84.